The van der Waals surface area contributed by atoms with E-state index in [-0.39, 0.29) is 0 Å². The van der Waals surface area contributed by atoms with Gasteiger partial charge in [0.15, 0.2) is 5.78 Å². The minimum atomic E-state index is 0.341. The van der Waals surface area contributed by atoms with Gasteiger partial charge in [-0.2, -0.15) is 11.8 Å². The van der Waals surface area contributed by atoms with E-state index >= 15 is 0 Å². The molecule has 0 saturated carbocycles. The van der Waals surface area contributed by atoms with Crippen molar-refractivity contribution in [3.63, 3.8) is 0 Å². The van der Waals surface area contributed by atoms with Gasteiger partial charge in [-0.3, -0.25) is 4.79 Å². The Bertz CT molecular complexity index is 436. The summed E-state index contributed by atoms with van der Waals surface area (Å²) in [5, 5.41) is 0. The number of carbonyl (C=O) groups is 1. The van der Waals surface area contributed by atoms with Crippen molar-refractivity contribution in [3.8, 4) is 0 Å². The van der Waals surface area contributed by atoms with E-state index < -0.39 is 0 Å². The van der Waals surface area contributed by atoms with Crippen LogP contribution in [0.15, 0.2) is 6.07 Å². The number of Topliss-reactive ketones (excluding diaryl/α,β-unsaturated/α-hetero) is 1. The third-order valence-electron chi connectivity index (χ3n) is 3.78. The van der Waals surface area contributed by atoms with Crippen molar-refractivity contribution < 1.29 is 4.79 Å². The highest BCUT2D eigenvalue weighted by Crippen LogP contribution is 2.29. The molecule has 2 rings (SSSR count). The Labute approximate surface area is 114 Å². The number of aryl methyl sites for hydroxylation is 1. The number of thioether (sulfide) groups is 1. The second kappa shape index (κ2) is 5.96. The predicted octanol–water partition coefficient (Wildman–Crippen LogP) is 4.02. The zero-order valence-corrected chi connectivity index (χ0v) is 12.5. The third kappa shape index (κ3) is 2.66. The van der Waals surface area contributed by atoms with Crippen molar-refractivity contribution in [2.45, 2.75) is 52.5 Å². The van der Waals surface area contributed by atoms with Crippen LogP contribution < -0.4 is 0 Å². The number of fused-ring (bicyclic) bond motifs is 1. The molecule has 18 heavy (non-hydrogen) atoms. The predicted molar refractivity (Wildman–Crippen MR) is 78.8 cm³/mol. The first-order valence-corrected chi connectivity index (χ1v) is 8.12. The lowest BCUT2D eigenvalue weighted by atomic mass is 9.96. The molecule has 1 aliphatic rings. The molecule has 100 valence electrons. The molecule has 0 N–H and O–H groups in total. The Morgan fingerprint density at radius 2 is 2.22 bits per heavy atom. The fourth-order valence-corrected chi connectivity index (χ4v) is 3.69. The van der Waals surface area contributed by atoms with Crippen LogP contribution in [0.2, 0.25) is 0 Å². The number of hydrogen-bond donors (Lipinski definition) is 0. The van der Waals surface area contributed by atoms with E-state index in [0.717, 1.165) is 24.8 Å². The van der Waals surface area contributed by atoms with E-state index in [4.69, 9.17) is 0 Å². The molecule has 1 unspecified atom stereocenters. The average Bonchev–Trinajstić information content (AvgIpc) is 2.67. The smallest absolute Gasteiger partial charge is 0.164 e. The lowest BCUT2D eigenvalue weighted by Crippen LogP contribution is -2.16. The Hall–Kier alpha value is -0.700. The molecule has 3 heteroatoms. The Kier molecular flexibility index (Phi) is 4.55. The van der Waals surface area contributed by atoms with Gasteiger partial charge in [0.1, 0.15) is 0 Å². The van der Waals surface area contributed by atoms with Crippen LogP contribution in [0.4, 0.5) is 0 Å². The first-order valence-electron chi connectivity index (χ1n) is 6.96. The highest BCUT2D eigenvalue weighted by Gasteiger charge is 2.24. The van der Waals surface area contributed by atoms with E-state index in [0.29, 0.717) is 11.8 Å². The van der Waals surface area contributed by atoms with E-state index in [2.05, 4.69) is 31.4 Å². The van der Waals surface area contributed by atoms with Crippen LogP contribution in [-0.4, -0.2) is 21.9 Å². The number of ketones is 1. The molecule has 1 aromatic heterocycles. The maximum Gasteiger partial charge on any atom is 0.164 e. The molecule has 1 heterocycles. The van der Waals surface area contributed by atoms with Crippen LogP contribution in [-0.2, 0) is 6.42 Å². The summed E-state index contributed by atoms with van der Waals surface area (Å²) < 4.78 is 2.41. The van der Waals surface area contributed by atoms with Gasteiger partial charge in [-0.1, -0.05) is 6.92 Å². The number of aromatic nitrogens is 1. The van der Waals surface area contributed by atoms with Crippen LogP contribution in [0.5, 0.6) is 0 Å². The fraction of sp³-hybridized carbons (Fsp3) is 0.667. The monoisotopic (exact) mass is 265 g/mol. The molecule has 0 bridgehead atoms. The Morgan fingerprint density at radius 3 is 2.94 bits per heavy atom. The summed E-state index contributed by atoms with van der Waals surface area (Å²) in [6, 6.07) is 2.61. The van der Waals surface area contributed by atoms with E-state index in [1.165, 1.54) is 29.3 Å². The molecule has 1 aromatic rings. The number of hydrogen-bond acceptors (Lipinski definition) is 2. The maximum atomic E-state index is 11.9. The standard InChI is InChI=1S/C15H23NOS/c1-4-18-9-8-11(2)16-12(3)10-13-14(16)6-5-7-15(13)17/h10-11H,4-9H2,1-3H3. The van der Waals surface area contributed by atoms with Gasteiger partial charge in [0, 0.05) is 29.4 Å². The maximum absolute atomic E-state index is 11.9. The second-order valence-corrected chi connectivity index (χ2v) is 6.52. The van der Waals surface area contributed by atoms with Crippen molar-refractivity contribution in [1.82, 2.24) is 4.57 Å². The summed E-state index contributed by atoms with van der Waals surface area (Å²) in [5.41, 5.74) is 3.54. The SMILES string of the molecule is CCSCCC(C)n1c(C)cc2c1CCCC2=O. The second-order valence-electron chi connectivity index (χ2n) is 5.13. The van der Waals surface area contributed by atoms with Gasteiger partial charge in [-0.05, 0) is 50.7 Å². The van der Waals surface area contributed by atoms with Crippen molar-refractivity contribution in [2.75, 3.05) is 11.5 Å². The lowest BCUT2D eigenvalue weighted by molar-refractivity contribution is 0.0971. The van der Waals surface area contributed by atoms with E-state index in [1.807, 2.05) is 11.8 Å². The molecule has 1 aliphatic carbocycles. The zero-order chi connectivity index (χ0) is 13.1. The molecule has 2 nitrogen and oxygen atoms in total. The molecule has 0 aromatic carbocycles. The van der Waals surface area contributed by atoms with E-state index in [9.17, 15) is 4.79 Å². The molecule has 0 radical (unpaired) electrons. The summed E-state index contributed by atoms with van der Waals surface area (Å²) in [6.45, 7) is 6.62. The normalized spacial score (nSPS) is 16.7. The van der Waals surface area contributed by atoms with Crippen LogP contribution in [0.25, 0.3) is 0 Å². The minimum Gasteiger partial charge on any atom is -0.345 e. The first kappa shape index (κ1) is 13.7. The van der Waals surface area contributed by atoms with Crippen LogP contribution in [0, 0.1) is 6.92 Å². The highest BCUT2D eigenvalue weighted by atomic mass is 32.2. The summed E-state index contributed by atoms with van der Waals surface area (Å²) in [5.74, 6) is 2.74. The van der Waals surface area contributed by atoms with Crippen molar-refractivity contribution in [2.24, 2.45) is 0 Å². The number of rotatable bonds is 5. The summed E-state index contributed by atoms with van der Waals surface area (Å²) in [7, 11) is 0. The molecule has 1 atom stereocenters. The van der Waals surface area contributed by atoms with Crippen LogP contribution >= 0.6 is 11.8 Å². The van der Waals surface area contributed by atoms with Gasteiger partial charge in [-0.15, -0.1) is 0 Å². The van der Waals surface area contributed by atoms with Gasteiger partial charge >= 0.3 is 0 Å². The molecular weight excluding hydrogens is 242 g/mol. The number of carbonyl (C=O) groups excluding carboxylic acids is 1. The van der Waals surface area contributed by atoms with Gasteiger partial charge in [-0.25, -0.2) is 0 Å². The summed E-state index contributed by atoms with van der Waals surface area (Å²) >= 11 is 2.00. The van der Waals surface area contributed by atoms with Gasteiger partial charge in [0.05, 0.1) is 0 Å². The number of nitrogens with zero attached hydrogens (tertiary/aromatic N) is 1. The molecule has 0 spiro atoms. The molecular formula is C15H23NOS. The Morgan fingerprint density at radius 1 is 1.44 bits per heavy atom. The fourth-order valence-electron chi connectivity index (χ4n) is 2.89. The third-order valence-corrected chi connectivity index (χ3v) is 4.71. The van der Waals surface area contributed by atoms with Gasteiger partial charge in [0.25, 0.3) is 0 Å². The van der Waals surface area contributed by atoms with E-state index in [1.54, 1.807) is 0 Å². The molecule has 0 fully saturated rings. The minimum absolute atomic E-state index is 0.341. The van der Waals surface area contributed by atoms with Crippen LogP contribution in [0.3, 0.4) is 0 Å². The zero-order valence-electron chi connectivity index (χ0n) is 11.7. The first-order chi connectivity index (χ1) is 8.65. The Balaban J connectivity index is 2.19. The van der Waals surface area contributed by atoms with Crippen LogP contribution in [0.1, 0.15) is 60.9 Å². The molecule has 0 saturated heterocycles. The molecule has 0 aliphatic heterocycles. The highest BCUT2D eigenvalue weighted by molar-refractivity contribution is 7.99. The quantitative estimate of drug-likeness (QED) is 0.750. The van der Waals surface area contributed by atoms with Crippen molar-refractivity contribution >= 4 is 17.5 Å². The van der Waals surface area contributed by atoms with Crippen molar-refractivity contribution in [3.05, 3.63) is 23.0 Å². The lowest BCUT2D eigenvalue weighted by Gasteiger charge is -2.21. The topological polar surface area (TPSA) is 22.0 Å². The largest absolute Gasteiger partial charge is 0.345 e. The van der Waals surface area contributed by atoms with Gasteiger partial charge < -0.3 is 4.57 Å². The molecule has 0 amide bonds. The van der Waals surface area contributed by atoms with Gasteiger partial charge in [0.2, 0.25) is 0 Å². The summed E-state index contributed by atoms with van der Waals surface area (Å²) in [6.07, 6.45) is 4.01. The van der Waals surface area contributed by atoms with Crippen molar-refractivity contribution in [1.29, 1.82) is 0 Å². The summed E-state index contributed by atoms with van der Waals surface area (Å²) in [4.78, 5) is 11.9. The average molecular weight is 265 g/mol.